The molecule has 0 bridgehead atoms. The average molecular weight is 282 g/mol. The molecule has 2 atom stereocenters. The smallest absolute Gasteiger partial charge is 0.241 e. The van der Waals surface area contributed by atoms with Crippen LogP contribution in [-0.2, 0) is 13.9 Å². The van der Waals surface area contributed by atoms with Crippen molar-refractivity contribution in [2.45, 2.75) is 69.4 Å². The van der Waals surface area contributed by atoms with E-state index in [1.807, 2.05) is 0 Å². The van der Waals surface area contributed by atoms with E-state index in [0.29, 0.717) is 0 Å². The Labute approximate surface area is 117 Å². The second-order valence-corrected chi connectivity index (χ2v) is 11.5. The van der Waals surface area contributed by atoms with Crippen LogP contribution in [0.2, 0.25) is 19.6 Å². The molecule has 19 heavy (non-hydrogen) atoms. The van der Waals surface area contributed by atoms with Crippen molar-refractivity contribution < 1.29 is 13.9 Å². The van der Waals surface area contributed by atoms with Crippen LogP contribution in [0.25, 0.3) is 0 Å². The summed E-state index contributed by atoms with van der Waals surface area (Å²) in [6, 6.07) is 0. The second kappa shape index (κ2) is 4.60. The molecular formula is C15H26O3Si. The lowest BCUT2D eigenvalue weighted by Gasteiger charge is -2.49. The van der Waals surface area contributed by atoms with Gasteiger partial charge in [0.1, 0.15) is 11.4 Å². The highest BCUT2D eigenvalue weighted by Crippen LogP contribution is 2.53. The number of ether oxygens (including phenoxy) is 2. The van der Waals surface area contributed by atoms with Crippen molar-refractivity contribution in [3.8, 4) is 0 Å². The van der Waals surface area contributed by atoms with Gasteiger partial charge in [0, 0.05) is 13.2 Å². The van der Waals surface area contributed by atoms with Crippen LogP contribution in [0.3, 0.4) is 0 Å². The summed E-state index contributed by atoms with van der Waals surface area (Å²) in [5, 5.41) is 0. The SMILES string of the molecule is C[Si](C)(C)OC1=CCC[C@@]2(CCCO2)[C@@]12CCCO2. The monoisotopic (exact) mass is 282 g/mol. The number of hydrogen-bond donors (Lipinski definition) is 0. The van der Waals surface area contributed by atoms with Crippen LogP contribution in [0.5, 0.6) is 0 Å². The van der Waals surface area contributed by atoms with Gasteiger partial charge in [-0.2, -0.15) is 0 Å². The standard InChI is InChI=1S/C15H26O3Si/c1-19(2,3)18-13-7-4-8-14(9-5-11-16-14)15(13)10-6-12-17-15/h7H,4-6,8-12H2,1-3H3/t14-,15-/m1/s1. The Hall–Kier alpha value is -0.323. The second-order valence-electron chi connectivity index (χ2n) is 7.05. The Morgan fingerprint density at radius 1 is 1.05 bits per heavy atom. The molecule has 0 N–H and O–H groups in total. The maximum atomic E-state index is 6.40. The van der Waals surface area contributed by atoms with E-state index >= 15 is 0 Å². The first-order valence-electron chi connectivity index (χ1n) is 7.65. The molecule has 2 aliphatic heterocycles. The summed E-state index contributed by atoms with van der Waals surface area (Å²) >= 11 is 0. The van der Waals surface area contributed by atoms with Crippen LogP contribution in [0, 0.1) is 0 Å². The molecule has 0 unspecified atom stereocenters. The molecule has 3 rings (SSSR count). The number of rotatable bonds is 2. The molecule has 0 aromatic rings. The van der Waals surface area contributed by atoms with Gasteiger partial charge < -0.3 is 13.9 Å². The molecule has 2 saturated heterocycles. The van der Waals surface area contributed by atoms with Gasteiger partial charge in [-0.05, 0) is 64.2 Å². The first-order valence-corrected chi connectivity index (χ1v) is 11.1. The van der Waals surface area contributed by atoms with Crippen LogP contribution < -0.4 is 0 Å². The third-order valence-electron chi connectivity index (χ3n) is 4.55. The van der Waals surface area contributed by atoms with Crippen molar-refractivity contribution in [1.29, 1.82) is 0 Å². The van der Waals surface area contributed by atoms with Gasteiger partial charge in [0.2, 0.25) is 8.32 Å². The lowest BCUT2D eigenvalue weighted by molar-refractivity contribution is -0.168. The molecule has 2 spiro atoms. The summed E-state index contributed by atoms with van der Waals surface area (Å²) < 4.78 is 18.9. The Kier molecular flexibility index (Phi) is 3.31. The molecule has 0 amide bonds. The van der Waals surface area contributed by atoms with E-state index in [4.69, 9.17) is 13.9 Å². The van der Waals surface area contributed by atoms with E-state index in [2.05, 4.69) is 25.7 Å². The lowest BCUT2D eigenvalue weighted by atomic mass is 9.71. The summed E-state index contributed by atoms with van der Waals surface area (Å²) in [6.07, 6.45) is 8.89. The lowest BCUT2D eigenvalue weighted by Crippen LogP contribution is -2.57. The zero-order valence-electron chi connectivity index (χ0n) is 12.5. The minimum Gasteiger partial charge on any atom is -0.545 e. The van der Waals surface area contributed by atoms with E-state index in [1.54, 1.807) is 0 Å². The van der Waals surface area contributed by atoms with Crippen LogP contribution in [-0.4, -0.2) is 32.7 Å². The fourth-order valence-corrected chi connectivity index (χ4v) is 4.80. The van der Waals surface area contributed by atoms with Crippen molar-refractivity contribution in [3.63, 3.8) is 0 Å². The fourth-order valence-electron chi connectivity index (χ4n) is 3.89. The summed E-state index contributed by atoms with van der Waals surface area (Å²) in [5.41, 5.74) is -0.380. The fraction of sp³-hybridized carbons (Fsp3) is 0.867. The molecule has 2 fully saturated rings. The Bertz CT molecular complexity index is 371. The Morgan fingerprint density at radius 3 is 2.37 bits per heavy atom. The van der Waals surface area contributed by atoms with Crippen LogP contribution in [0.4, 0.5) is 0 Å². The van der Waals surface area contributed by atoms with E-state index in [1.165, 1.54) is 0 Å². The van der Waals surface area contributed by atoms with Crippen molar-refractivity contribution in [2.24, 2.45) is 0 Å². The molecule has 3 aliphatic rings. The van der Waals surface area contributed by atoms with Crippen molar-refractivity contribution >= 4 is 8.32 Å². The maximum Gasteiger partial charge on any atom is 0.241 e. The van der Waals surface area contributed by atoms with Gasteiger partial charge in [0.25, 0.3) is 0 Å². The molecule has 0 saturated carbocycles. The van der Waals surface area contributed by atoms with E-state index < -0.39 is 8.32 Å². The van der Waals surface area contributed by atoms with Crippen LogP contribution in [0.1, 0.15) is 38.5 Å². The Balaban J connectivity index is 1.96. The minimum atomic E-state index is -1.61. The van der Waals surface area contributed by atoms with Gasteiger partial charge in [-0.15, -0.1) is 0 Å². The number of hydrogen-bond acceptors (Lipinski definition) is 3. The summed E-state index contributed by atoms with van der Waals surface area (Å²) in [5.74, 6) is 1.09. The predicted molar refractivity (Wildman–Crippen MR) is 77.6 cm³/mol. The van der Waals surface area contributed by atoms with Crippen LogP contribution in [0.15, 0.2) is 11.8 Å². The van der Waals surface area contributed by atoms with Gasteiger partial charge in [0.15, 0.2) is 5.60 Å². The molecule has 0 aromatic carbocycles. The number of fused-ring (bicyclic) bond motifs is 1. The van der Waals surface area contributed by atoms with E-state index in [9.17, 15) is 0 Å². The van der Waals surface area contributed by atoms with Crippen molar-refractivity contribution in [2.75, 3.05) is 13.2 Å². The third kappa shape index (κ3) is 2.18. The molecule has 2 heterocycles. The molecule has 0 radical (unpaired) electrons. The van der Waals surface area contributed by atoms with Gasteiger partial charge in [-0.1, -0.05) is 0 Å². The molecular weight excluding hydrogens is 256 g/mol. The van der Waals surface area contributed by atoms with Crippen LogP contribution >= 0.6 is 0 Å². The normalized spacial score (nSPS) is 39.0. The summed E-state index contributed by atoms with van der Waals surface area (Å²) in [7, 11) is -1.61. The maximum absolute atomic E-state index is 6.40. The van der Waals surface area contributed by atoms with E-state index in [-0.39, 0.29) is 11.2 Å². The van der Waals surface area contributed by atoms with Crippen molar-refractivity contribution in [1.82, 2.24) is 0 Å². The minimum absolute atomic E-state index is 0.104. The van der Waals surface area contributed by atoms with Gasteiger partial charge in [0.05, 0.1) is 0 Å². The van der Waals surface area contributed by atoms with E-state index in [0.717, 1.165) is 57.5 Å². The summed E-state index contributed by atoms with van der Waals surface area (Å²) in [6.45, 7) is 8.46. The highest BCUT2D eigenvalue weighted by Gasteiger charge is 2.61. The van der Waals surface area contributed by atoms with Gasteiger partial charge >= 0.3 is 0 Å². The highest BCUT2D eigenvalue weighted by molar-refractivity contribution is 6.70. The van der Waals surface area contributed by atoms with Gasteiger partial charge in [-0.3, -0.25) is 0 Å². The van der Waals surface area contributed by atoms with Gasteiger partial charge in [-0.25, -0.2) is 0 Å². The molecule has 0 aromatic heterocycles. The topological polar surface area (TPSA) is 27.7 Å². The van der Waals surface area contributed by atoms with Crippen molar-refractivity contribution in [3.05, 3.63) is 11.8 Å². The predicted octanol–water partition coefficient (Wildman–Crippen LogP) is 3.61. The zero-order valence-corrected chi connectivity index (χ0v) is 13.5. The average Bonchev–Trinajstić information content (AvgIpc) is 2.93. The Morgan fingerprint density at radius 2 is 1.79 bits per heavy atom. The molecule has 1 aliphatic carbocycles. The molecule has 108 valence electrons. The first kappa shape index (κ1) is 13.7. The quantitative estimate of drug-likeness (QED) is 0.724. The molecule has 3 nitrogen and oxygen atoms in total. The highest BCUT2D eigenvalue weighted by atomic mass is 28.4. The largest absolute Gasteiger partial charge is 0.545 e. The zero-order chi connectivity index (χ0) is 13.6. The number of allylic oxidation sites excluding steroid dienone is 1. The first-order chi connectivity index (χ1) is 8.98. The third-order valence-corrected chi connectivity index (χ3v) is 5.39. The summed E-state index contributed by atoms with van der Waals surface area (Å²) in [4.78, 5) is 0. The molecule has 4 heteroatoms.